The highest BCUT2D eigenvalue weighted by atomic mass is 15.5. The minimum absolute atomic E-state index is 0.124. The molecule has 0 amide bonds. The number of hydrogen-bond acceptors (Lipinski definition) is 5. The Balaban J connectivity index is 4.66. The molecule has 0 aromatic rings. The number of hydrazine groups is 1. The Hall–Kier alpha value is -0.200. The van der Waals surface area contributed by atoms with E-state index in [0.29, 0.717) is 23.8 Å². The van der Waals surface area contributed by atoms with Gasteiger partial charge < -0.3 is 16.4 Å². The van der Waals surface area contributed by atoms with Crippen LogP contribution in [0.4, 0.5) is 0 Å². The Kier molecular flexibility index (Phi) is 9.86. The number of nitrogens with zero attached hydrogens (tertiary/aromatic N) is 2. The maximum atomic E-state index is 6.43. The Labute approximate surface area is 144 Å². The summed E-state index contributed by atoms with van der Waals surface area (Å²) in [6.07, 6.45) is 0.975. The zero-order valence-corrected chi connectivity index (χ0v) is 16.8. The topological polar surface area (TPSA) is 84.5 Å². The third-order valence-electron chi connectivity index (χ3n) is 6.10. The lowest BCUT2D eigenvalue weighted by Crippen LogP contribution is -2.59. The molecule has 5 atom stereocenters. The van der Waals surface area contributed by atoms with Gasteiger partial charge in [0.2, 0.25) is 0 Å². The van der Waals surface area contributed by atoms with Crippen LogP contribution in [-0.2, 0) is 0 Å². The van der Waals surface area contributed by atoms with Gasteiger partial charge in [0.1, 0.15) is 0 Å². The summed E-state index contributed by atoms with van der Waals surface area (Å²) in [5, 5.41) is 1.98. The van der Waals surface area contributed by atoms with Gasteiger partial charge >= 0.3 is 0 Å². The molecule has 5 nitrogen and oxygen atoms in total. The average molecular weight is 330 g/mol. The van der Waals surface area contributed by atoms with Crippen molar-refractivity contribution in [3.63, 3.8) is 0 Å². The molecule has 0 saturated carbocycles. The van der Waals surface area contributed by atoms with Crippen molar-refractivity contribution >= 4 is 0 Å². The molecular weight excluding hydrogens is 286 g/mol. The first kappa shape index (κ1) is 22.8. The second kappa shape index (κ2) is 9.94. The Morgan fingerprint density at radius 2 is 1.52 bits per heavy atom. The predicted molar refractivity (Wildman–Crippen MR) is 102 cm³/mol. The molecule has 0 bridgehead atoms. The van der Waals surface area contributed by atoms with Gasteiger partial charge in [0, 0.05) is 30.7 Å². The molecule has 5 unspecified atom stereocenters. The van der Waals surface area contributed by atoms with Gasteiger partial charge in [0.25, 0.3) is 0 Å². The second-order valence-corrected chi connectivity index (χ2v) is 8.15. The number of likely N-dealkylation sites (N-methyl/N-ethyl adjacent to an activating group) is 1. The molecule has 0 aliphatic heterocycles. The van der Waals surface area contributed by atoms with Gasteiger partial charge in [0.15, 0.2) is 0 Å². The van der Waals surface area contributed by atoms with Crippen molar-refractivity contribution in [3.8, 4) is 0 Å². The van der Waals surface area contributed by atoms with Crippen molar-refractivity contribution in [1.82, 2.24) is 9.91 Å². The molecule has 0 rings (SSSR count). The van der Waals surface area contributed by atoms with E-state index in [-0.39, 0.29) is 11.6 Å². The standard InChI is InChI=1S/C18H43N5/c1-9-17(20)16(5)18(6,7)23(21)12-15(4)22(8)11-14(3)13(2)10-19/h13-17H,9-12,19-21H2,1-8H3. The van der Waals surface area contributed by atoms with E-state index >= 15 is 0 Å². The van der Waals surface area contributed by atoms with Crippen molar-refractivity contribution in [2.75, 3.05) is 26.7 Å². The molecule has 23 heavy (non-hydrogen) atoms. The molecule has 6 N–H and O–H groups in total. The minimum Gasteiger partial charge on any atom is -0.330 e. The van der Waals surface area contributed by atoms with Gasteiger partial charge in [-0.25, -0.2) is 5.01 Å². The van der Waals surface area contributed by atoms with Crippen LogP contribution in [-0.4, -0.2) is 54.2 Å². The first-order chi connectivity index (χ1) is 10.5. The van der Waals surface area contributed by atoms with Crippen molar-refractivity contribution in [2.24, 2.45) is 35.1 Å². The summed E-state index contributed by atoms with van der Waals surface area (Å²) >= 11 is 0. The lowest BCUT2D eigenvalue weighted by molar-refractivity contribution is 0.0315. The van der Waals surface area contributed by atoms with Crippen molar-refractivity contribution in [2.45, 2.75) is 72.5 Å². The molecule has 0 radical (unpaired) electrons. The summed E-state index contributed by atoms with van der Waals surface area (Å²) in [6.45, 7) is 18.1. The van der Waals surface area contributed by atoms with E-state index in [9.17, 15) is 0 Å². The largest absolute Gasteiger partial charge is 0.330 e. The van der Waals surface area contributed by atoms with Crippen LogP contribution in [0, 0.1) is 17.8 Å². The molecule has 0 heterocycles. The predicted octanol–water partition coefficient (Wildman–Crippen LogP) is 1.87. The summed E-state index contributed by atoms with van der Waals surface area (Å²) in [7, 11) is 2.17. The van der Waals surface area contributed by atoms with E-state index in [2.05, 4.69) is 60.4 Å². The fourth-order valence-electron chi connectivity index (χ4n) is 2.84. The van der Waals surface area contributed by atoms with Crippen molar-refractivity contribution in [1.29, 1.82) is 0 Å². The monoisotopic (exact) mass is 329 g/mol. The third kappa shape index (κ3) is 6.67. The number of hydrogen-bond donors (Lipinski definition) is 3. The fourth-order valence-corrected chi connectivity index (χ4v) is 2.84. The van der Waals surface area contributed by atoms with Gasteiger partial charge in [-0.2, -0.15) is 0 Å². The van der Waals surface area contributed by atoms with Crippen molar-refractivity contribution in [3.05, 3.63) is 0 Å². The van der Waals surface area contributed by atoms with Gasteiger partial charge in [-0.3, -0.25) is 5.84 Å². The number of rotatable bonds is 11. The quantitative estimate of drug-likeness (QED) is 0.398. The zero-order valence-electron chi connectivity index (χ0n) is 16.8. The molecule has 0 aromatic carbocycles. The fraction of sp³-hybridized carbons (Fsp3) is 1.00. The van der Waals surface area contributed by atoms with Crippen LogP contribution < -0.4 is 17.3 Å². The molecule has 140 valence electrons. The van der Waals surface area contributed by atoms with E-state index < -0.39 is 0 Å². The van der Waals surface area contributed by atoms with Crippen LogP contribution >= 0.6 is 0 Å². The molecule has 0 fully saturated rings. The molecule has 0 aromatic heterocycles. The van der Waals surface area contributed by atoms with Crippen LogP contribution in [0.25, 0.3) is 0 Å². The Morgan fingerprint density at radius 3 is 1.96 bits per heavy atom. The van der Waals surface area contributed by atoms with Crippen LogP contribution in [0.2, 0.25) is 0 Å². The summed E-state index contributed by atoms with van der Waals surface area (Å²) in [6, 6.07) is 0.561. The number of nitrogens with two attached hydrogens (primary N) is 3. The third-order valence-corrected chi connectivity index (χ3v) is 6.10. The van der Waals surface area contributed by atoms with Gasteiger partial charge in [-0.15, -0.1) is 0 Å². The maximum absolute atomic E-state index is 6.43. The van der Waals surface area contributed by atoms with E-state index in [1.165, 1.54) is 0 Å². The highest BCUT2D eigenvalue weighted by Gasteiger charge is 2.35. The smallest absolute Gasteiger partial charge is 0.0336 e. The summed E-state index contributed by atoms with van der Waals surface area (Å²) in [4.78, 5) is 2.39. The molecular formula is C18H43N5. The van der Waals surface area contributed by atoms with E-state index in [4.69, 9.17) is 17.3 Å². The summed E-state index contributed by atoms with van der Waals surface area (Å²) in [5.74, 6) is 7.89. The molecule has 0 aliphatic carbocycles. The lowest BCUT2D eigenvalue weighted by Gasteiger charge is -2.44. The van der Waals surface area contributed by atoms with E-state index in [1.807, 2.05) is 5.01 Å². The Morgan fingerprint density at radius 1 is 1.00 bits per heavy atom. The minimum atomic E-state index is -0.124. The van der Waals surface area contributed by atoms with Crippen LogP contribution in [0.1, 0.15) is 54.9 Å². The van der Waals surface area contributed by atoms with Gasteiger partial charge in [-0.1, -0.05) is 27.7 Å². The Bertz CT molecular complexity index is 321. The highest BCUT2D eigenvalue weighted by Crippen LogP contribution is 2.26. The van der Waals surface area contributed by atoms with Crippen LogP contribution in [0.3, 0.4) is 0 Å². The van der Waals surface area contributed by atoms with Crippen LogP contribution in [0.5, 0.6) is 0 Å². The average Bonchev–Trinajstić information content (AvgIpc) is 2.51. The summed E-state index contributed by atoms with van der Waals surface area (Å²) in [5.41, 5.74) is 11.9. The highest BCUT2D eigenvalue weighted by molar-refractivity contribution is 4.90. The molecule has 0 saturated heterocycles. The summed E-state index contributed by atoms with van der Waals surface area (Å²) < 4.78 is 0. The molecule has 5 heteroatoms. The first-order valence-electron chi connectivity index (χ1n) is 9.17. The normalized spacial score (nSPS) is 19.7. The first-order valence-corrected chi connectivity index (χ1v) is 9.17. The zero-order chi connectivity index (χ0) is 18.4. The van der Waals surface area contributed by atoms with E-state index in [1.54, 1.807) is 0 Å². The SMILES string of the molecule is CCC(N)C(C)C(C)(C)N(N)CC(C)N(C)CC(C)C(C)CN. The molecule has 0 aliphatic rings. The molecule has 0 spiro atoms. The lowest BCUT2D eigenvalue weighted by atomic mass is 9.82. The second-order valence-electron chi connectivity index (χ2n) is 8.15. The maximum Gasteiger partial charge on any atom is 0.0336 e. The van der Waals surface area contributed by atoms with Crippen LogP contribution in [0.15, 0.2) is 0 Å². The van der Waals surface area contributed by atoms with Crippen molar-refractivity contribution < 1.29 is 0 Å². The van der Waals surface area contributed by atoms with E-state index in [0.717, 1.165) is 26.1 Å². The van der Waals surface area contributed by atoms with Gasteiger partial charge in [-0.05, 0) is 58.5 Å². The van der Waals surface area contributed by atoms with Gasteiger partial charge in [0.05, 0.1) is 0 Å².